The first-order valence-corrected chi connectivity index (χ1v) is 13.1. The molecule has 0 bridgehead atoms. The van der Waals surface area contributed by atoms with Crippen LogP contribution in [0.4, 0.5) is 11.4 Å². The Morgan fingerprint density at radius 3 is 2.22 bits per heavy atom. The van der Waals surface area contributed by atoms with Gasteiger partial charge in [0.2, 0.25) is 5.85 Å². The Morgan fingerprint density at radius 2 is 1.61 bits per heavy atom. The van der Waals surface area contributed by atoms with Crippen LogP contribution in [0.1, 0.15) is 32.4 Å². The van der Waals surface area contributed by atoms with Crippen LogP contribution in [-0.4, -0.2) is 38.7 Å². The van der Waals surface area contributed by atoms with Gasteiger partial charge in [0.05, 0.1) is 23.1 Å². The van der Waals surface area contributed by atoms with Crippen LogP contribution in [0.2, 0.25) is 0 Å². The van der Waals surface area contributed by atoms with Crippen molar-refractivity contribution in [3.8, 4) is 0 Å². The zero-order valence-electron chi connectivity index (χ0n) is 20.6. The summed E-state index contributed by atoms with van der Waals surface area (Å²) in [5, 5.41) is 16.2. The Hall–Kier alpha value is -3.55. The van der Waals surface area contributed by atoms with E-state index in [1.165, 1.54) is 11.8 Å². The standard InChI is InChI=1S/C29H30N4O2S/c1-20(2)32(24-17-11-6-12-18-24)29(35)19-36-28-30-21(3)25(27(34)31-23-15-9-5-10-16-23)26(33(28)29)22-13-7-4-8-14-22/h4-18,20,26,35H,19H2,1-3H3,(H,31,34). The first-order chi connectivity index (χ1) is 17.4. The highest BCUT2D eigenvalue weighted by atomic mass is 32.2. The number of hydrogen-bond acceptors (Lipinski definition) is 6. The average Bonchev–Trinajstić information content (AvgIpc) is 3.21. The van der Waals surface area contributed by atoms with E-state index in [0.29, 0.717) is 27.9 Å². The van der Waals surface area contributed by atoms with Crippen molar-refractivity contribution < 1.29 is 9.90 Å². The summed E-state index contributed by atoms with van der Waals surface area (Å²) >= 11 is 1.51. The van der Waals surface area contributed by atoms with E-state index in [2.05, 4.69) is 19.2 Å². The minimum Gasteiger partial charge on any atom is -0.353 e. The van der Waals surface area contributed by atoms with Crippen molar-refractivity contribution in [3.05, 3.63) is 108 Å². The third-order valence-corrected chi connectivity index (χ3v) is 7.58. The number of aliphatic hydroxyl groups is 1. The normalized spacial score (nSPS) is 21.3. The Kier molecular flexibility index (Phi) is 6.60. The summed E-state index contributed by atoms with van der Waals surface area (Å²) in [5.41, 5.74) is 3.71. The summed E-state index contributed by atoms with van der Waals surface area (Å²) in [6, 6.07) is 28.7. The molecule has 2 aliphatic rings. The highest BCUT2D eigenvalue weighted by Gasteiger charge is 2.55. The Morgan fingerprint density at radius 1 is 1.03 bits per heavy atom. The van der Waals surface area contributed by atoms with Crippen molar-refractivity contribution in [2.75, 3.05) is 16.0 Å². The largest absolute Gasteiger partial charge is 0.353 e. The van der Waals surface area contributed by atoms with E-state index < -0.39 is 11.9 Å². The quantitative estimate of drug-likeness (QED) is 0.432. The maximum Gasteiger partial charge on any atom is 0.255 e. The molecular weight excluding hydrogens is 468 g/mol. The SMILES string of the molecule is CC1=C(C(=O)Nc2ccccc2)C(c2ccccc2)N2C(=N1)SCC2(O)N(c1ccccc1)C(C)C. The molecule has 7 heteroatoms. The molecule has 5 rings (SSSR count). The van der Waals surface area contributed by atoms with Gasteiger partial charge in [-0.25, -0.2) is 4.99 Å². The Labute approximate surface area is 216 Å². The fraction of sp³-hybridized carbons (Fsp3) is 0.241. The van der Waals surface area contributed by atoms with E-state index in [9.17, 15) is 9.90 Å². The third-order valence-electron chi connectivity index (χ3n) is 6.50. The molecule has 2 N–H and O–H groups in total. The predicted molar refractivity (Wildman–Crippen MR) is 148 cm³/mol. The number of nitrogens with zero attached hydrogens (tertiary/aromatic N) is 3. The van der Waals surface area contributed by atoms with Crippen LogP contribution in [0.3, 0.4) is 0 Å². The molecule has 2 unspecified atom stereocenters. The van der Waals surface area contributed by atoms with E-state index in [-0.39, 0.29) is 11.9 Å². The highest BCUT2D eigenvalue weighted by molar-refractivity contribution is 8.14. The minimum absolute atomic E-state index is 0.0117. The molecule has 36 heavy (non-hydrogen) atoms. The predicted octanol–water partition coefficient (Wildman–Crippen LogP) is 5.62. The van der Waals surface area contributed by atoms with Gasteiger partial charge in [-0.2, -0.15) is 0 Å². The number of carbonyl (C=O) groups is 1. The second-order valence-corrected chi connectivity index (χ2v) is 10.2. The molecule has 2 aliphatic heterocycles. The van der Waals surface area contributed by atoms with Crippen molar-refractivity contribution >= 4 is 34.2 Å². The van der Waals surface area contributed by atoms with Crippen LogP contribution in [0.15, 0.2) is 107 Å². The molecule has 1 fully saturated rings. The summed E-state index contributed by atoms with van der Waals surface area (Å²) in [7, 11) is 0. The number of nitrogens with one attached hydrogen (secondary N) is 1. The van der Waals surface area contributed by atoms with Crippen LogP contribution < -0.4 is 10.2 Å². The molecule has 1 saturated heterocycles. The van der Waals surface area contributed by atoms with Gasteiger partial charge in [-0.05, 0) is 50.6 Å². The first kappa shape index (κ1) is 24.2. The van der Waals surface area contributed by atoms with Crippen molar-refractivity contribution in [1.82, 2.24) is 4.90 Å². The summed E-state index contributed by atoms with van der Waals surface area (Å²) in [5.74, 6) is -1.24. The number of para-hydroxylation sites is 2. The number of amides is 1. The van der Waals surface area contributed by atoms with E-state index in [1.54, 1.807) is 0 Å². The molecule has 2 heterocycles. The van der Waals surface area contributed by atoms with E-state index in [0.717, 1.165) is 11.3 Å². The van der Waals surface area contributed by atoms with Gasteiger partial charge in [0.15, 0.2) is 5.17 Å². The number of thioether (sulfide) groups is 1. The Balaban J connectivity index is 1.64. The highest BCUT2D eigenvalue weighted by Crippen LogP contribution is 2.48. The number of benzene rings is 3. The van der Waals surface area contributed by atoms with Crippen LogP contribution in [0, 0.1) is 0 Å². The number of anilines is 2. The second-order valence-electron chi connectivity index (χ2n) is 9.26. The molecule has 2 atom stereocenters. The molecular formula is C29H30N4O2S. The van der Waals surface area contributed by atoms with Crippen LogP contribution in [0.25, 0.3) is 0 Å². The van der Waals surface area contributed by atoms with E-state index in [4.69, 9.17) is 4.99 Å². The maximum atomic E-state index is 13.8. The van der Waals surface area contributed by atoms with Crippen molar-refractivity contribution in [3.63, 3.8) is 0 Å². The van der Waals surface area contributed by atoms with Gasteiger partial charge in [-0.3, -0.25) is 9.69 Å². The lowest BCUT2D eigenvalue weighted by atomic mass is 9.92. The van der Waals surface area contributed by atoms with Gasteiger partial charge in [0.25, 0.3) is 5.91 Å². The minimum atomic E-state index is -1.40. The lowest BCUT2D eigenvalue weighted by molar-refractivity contribution is -0.114. The van der Waals surface area contributed by atoms with Gasteiger partial charge in [-0.15, -0.1) is 0 Å². The lowest BCUT2D eigenvalue weighted by Gasteiger charge is -2.50. The molecule has 0 radical (unpaired) electrons. The summed E-state index contributed by atoms with van der Waals surface area (Å²) in [6.45, 7) is 6.00. The monoisotopic (exact) mass is 498 g/mol. The summed E-state index contributed by atoms with van der Waals surface area (Å²) < 4.78 is 0. The van der Waals surface area contributed by atoms with Crippen molar-refractivity contribution in [2.45, 2.75) is 38.7 Å². The zero-order valence-corrected chi connectivity index (χ0v) is 21.4. The van der Waals surface area contributed by atoms with Crippen LogP contribution in [0.5, 0.6) is 0 Å². The molecule has 1 amide bonds. The molecule has 6 nitrogen and oxygen atoms in total. The average molecular weight is 499 g/mol. The lowest BCUT2D eigenvalue weighted by Crippen LogP contribution is -2.64. The Bertz CT molecular complexity index is 1290. The molecule has 3 aromatic rings. The molecule has 0 spiro atoms. The number of allylic oxidation sites excluding steroid dienone is 1. The topological polar surface area (TPSA) is 68.2 Å². The van der Waals surface area contributed by atoms with Gasteiger partial charge >= 0.3 is 0 Å². The fourth-order valence-corrected chi connectivity index (χ4v) is 6.23. The smallest absolute Gasteiger partial charge is 0.255 e. The first-order valence-electron chi connectivity index (χ1n) is 12.1. The van der Waals surface area contributed by atoms with E-state index in [1.807, 2.05) is 108 Å². The van der Waals surface area contributed by atoms with Crippen LogP contribution in [-0.2, 0) is 4.79 Å². The molecule has 184 valence electrons. The number of rotatable bonds is 6. The fourth-order valence-electron chi connectivity index (χ4n) is 5.04. The molecule has 0 saturated carbocycles. The second kappa shape index (κ2) is 9.84. The maximum absolute atomic E-state index is 13.8. The van der Waals surface area contributed by atoms with Gasteiger partial charge in [0.1, 0.15) is 0 Å². The van der Waals surface area contributed by atoms with Gasteiger partial charge in [-0.1, -0.05) is 78.5 Å². The zero-order chi connectivity index (χ0) is 25.3. The number of fused-ring (bicyclic) bond motifs is 1. The third kappa shape index (κ3) is 4.29. The van der Waals surface area contributed by atoms with E-state index >= 15 is 0 Å². The van der Waals surface area contributed by atoms with Gasteiger partial charge < -0.3 is 15.3 Å². The number of hydrogen-bond donors (Lipinski definition) is 2. The molecule has 0 aromatic heterocycles. The number of carbonyl (C=O) groups excluding carboxylic acids is 1. The molecule has 0 aliphatic carbocycles. The van der Waals surface area contributed by atoms with Crippen molar-refractivity contribution in [1.29, 1.82) is 0 Å². The van der Waals surface area contributed by atoms with Gasteiger partial charge in [0, 0.05) is 17.4 Å². The number of aliphatic imine (C=N–C) groups is 1. The van der Waals surface area contributed by atoms with Crippen molar-refractivity contribution in [2.24, 2.45) is 4.99 Å². The summed E-state index contributed by atoms with van der Waals surface area (Å²) in [4.78, 5) is 22.5. The van der Waals surface area contributed by atoms with Crippen LogP contribution >= 0.6 is 11.8 Å². The molecule has 3 aromatic carbocycles. The number of amidine groups is 1. The summed E-state index contributed by atoms with van der Waals surface area (Å²) in [6.07, 6.45) is 0.